The molecule has 0 unspecified atom stereocenters. The van der Waals surface area contributed by atoms with Gasteiger partial charge in [0.05, 0.1) is 30.2 Å². The maximum atomic E-state index is 14.7. The molecule has 162 valence electrons. The van der Waals surface area contributed by atoms with Crippen molar-refractivity contribution in [3.63, 3.8) is 0 Å². The standard InChI is InChI=1S/C23H22FN7O/c1-3-15-6-19(12-25-9-15)29-22(32)8-17-5-4-16(7-21(17)24)18-10-26-23(27-11-18)30-20-13-28-31(2)14-20/h4-7,9-14H,3,8H2,1-2H3,(H,29,32)(H,26,27,30). The molecule has 2 N–H and O–H groups in total. The van der Waals surface area contributed by atoms with Crippen molar-refractivity contribution in [2.75, 3.05) is 10.6 Å². The van der Waals surface area contributed by atoms with E-state index in [-0.39, 0.29) is 12.3 Å². The fourth-order valence-corrected chi connectivity index (χ4v) is 3.15. The van der Waals surface area contributed by atoms with Crippen LogP contribution in [0.2, 0.25) is 0 Å². The number of nitrogens with zero attached hydrogens (tertiary/aromatic N) is 5. The number of hydrogen-bond acceptors (Lipinski definition) is 6. The average Bonchev–Trinajstić information content (AvgIpc) is 3.20. The largest absolute Gasteiger partial charge is 0.324 e. The number of anilines is 3. The summed E-state index contributed by atoms with van der Waals surface area (Å²) >= 11 is 0. The van der Waals surface area contributed by atoms with Crippen LogP contribution in [0.1, 0.15) is 18.1 Å². The van der Waals surface area contributed by atoms with E-state index in [1.165, 1.54) is 6.07 Å². The molecule has 0 aliphatic heterocycles. The number of benzene rings is 1. The smallest absolute Gasteiger partial charge is 0.228 e. The summed E-state index contributed by atoms with van der Waals surface area (Å²) in [4.78, 5) is 25.0. The third-order valence-electron chi connectivity index (χ3n) is 4.84. The van der Waals surface area contributed by atoms with Gasteiger partial charge in [0.2, 0.25) is 11.9 Å². The molecule has 0 aliphatic carbocycles. The Kier molecular flexibility index (Phi) is 6.16. The van der Waals surface area contributed by atoms with Crippen molar-refractivity contribution in [2.45, 2.75) is 19.8 Å². The molecule has 32 heavy (non-hydrogen) atoms. The van der Waals surface area contributed by atoms with Gasteiger partial charge in [0.1, 0.15) is 5.82 Å². The van der Waals surface area contributed by atoms with Crippen molar-refractivity contribution in [3.05, 3.63) is 78.4 Å². The molecule has 0 bridgehead atoms. The summed E-state index contributed by atoms with van der Waals surface area (Å²) in [5.74, 6) is -0.353. The van der Waals surface area contributed by atoms with E-state index in [0.29, 0.717) is 28.3 Å². The molecule has 0 spiro atoms. The van der Waals surface area contributed by atoms with Gasteiger partial charge in [0.15, 0.2) is 0 Å². The van der Waals surface area contributed by atoms with Gasteiger partial charge in [-0.1, -0.05) is 19.1 Å². The van der Waals surface area contributed by atoms with Crippen LogP contribution in [0, 0.1) is 5.82 Å². The van der Waals surface area contributed by atoms with Crippen LogP contribution >= 0.6 is 0 Å². The predicted octanol–water partition coefficient (Wildman–Crippen LogP) is 3.90. The molecule has 3 heterocycles. The van der Waals surface area contributed by atoms with Crippen LogP contribution in [0.4, 0.5) is 21.7 Å². The minimum absolute atomic E-state index is 0.0765. The first kappa shape index (κ1) is 21.1. The number of aromatic nitrogens is 5. The van der Waals surface area contributed by atoms with Gasteiger partial charge in [-0.2, -0.15) is 5.10 Å². The molecule has 0 radical (unpaired) electrons. The summed E-state index contributed by atoms with van der Waals surface area (Å²) in [6.07, 6.45) is 10.8. The maximum absolute atomic E-state index is 14.7. The molecule has 0 saturated carbocycles. The molecule has 1 aromatic carbocycles. The van der Waals surface area contributed by atoms with E-state index in [1.807, 2.05) is 20.0 Å². The summed E-state index contributed by atoms with van der Waals surface area (Å²) in [6, 6.07) is 6.59. The summed E-state index contributed by atoms with van der Waals surface area (Å²) in [5.41, 5.74) is 3.98. The van der Waals surface area contributed by atoms with Gasteiger partial charge < -0.3 is 10.6 Å². The van der Waals surface area contributed by atoms with E-state index in [9.17, 15) is 9.18 Å². The Morgan fingerprint density at radius 1 is 1.03 bits per heavy atom. The number of carbonyl (C=O) groups excluding carboxylic acids is 1. The topological polar surface area (TPSA) is 97.6 Å². The number of carbonyl (C=O) groups is 1. The highest BCUT2D eigenvalue weighted by Gasteiger charge is 2.11. The average molecular weight is 431 g/mol. The first-order valence-electron chi connectivity index (χ1n) is 10.1. The van der Waals surface area contributed by atoms with Gasteiger partial charge in [-0.15, -0.1) is 0 Å². The normalized spacial score (nSPS) is 10.7. The van der Waals surface area contributed by atoms with Crippen LogP contribution in [0.15, 0.2) is 61.4 Å². The molecule has 0 saturated heterocycles. The van der Waals surface area contributed by atoms with Crippen molar-refractivity contribution in [1.29, 1.82) is 0 Å². The van der Waals surface area contributed by atoms with E-state index >= 15 is 0 Å². The van der Waals surface area contributed by atoms with Gasteiger partial charge in [-0.25, -0.2) is 14.4 Å². The van der Waals surface area contributed by atoms with Crippen molar-refractivity contribution >= 4 is 23.2 Å². The fourth-order valence-electron chi connectivity index (χ4n) is 3.15. The van der Waals surface area contributed by atoms with Gasteiger partial charge in [-0.05, 0) is 35.2 Å². The van der Waals surface area contributed by atoms with Gasteiger partial charge in [0.25, 0.3) is 0 Å². The lowest BCUT2D eigenvalue weighted by molar-refractivity contribution is -0.115. The third-order valence-corrected chi connectivity index (χ3v) is 4.84. The zero-order valence-corrected chi connectivity index (χ0v) is 17.7. The highest BCUT2D eigenvalue weighted by molar-refractivity contribution is 5.92. The summed E-state index contributed by atoms with van der Waals surface area (Å²) in [7, 11) is 1.82. The highest BCUT2D eigenvalue weighted by atomic mass is 19.1. The lowest BCUT2D eigenvalue weighted by atomic mass is 10.0. The first-order chi connectivity index (χ1) is 15.5. The minimum atomic E-state index is -0.462. The van der Waals surface area contributed by atoms with Crippen LogP contribution in [-0.4, -0.2) is 30.6 Å². The fraction of sp³-hybridized carbons (Fsp3) is 0.174. The Morgan fingerprint density at radius 2 is 1.84 bits per heavy atom. The van der Waals surface area contributed by atoms with Crippen LogP contribution in [0.5, 0.6) is 0 Å². The van der Waals surface area contributed by atoms with E-state index in [1.54, 1.807) is 54.0 Å². The molecule has 3 aromatic heterocycles. The van der Waals surface area contributed by atoms with Crippen molar-refractivity contribution in [2.24, 2.45) is 7.05 Å². The number of hydrogen-bond donors (Lipinski definition) is 2. The SMILES string of the molecule is CCc1cncc(NC(=O)Cc2ccc(-c3cnc(Nc4cnn(C)c4)nc3)cc2F)c1. The monoisotopic (exact) mass is 431 g/mol. The molecule has 0 fully saturated rings. The molecule has 0 aliphatic rings. The lowest BCUT2D eigenvalue weighted by Crippen LogP contribution is -2.15. The minimum Gasteiger partial charge on any atom is -0.324 e. The number of rotatable bonds is 7. The van der Waals surface area contributed by atoms with Crippen molar-refractivity contribution in [3.8, 4) is 11.1 Å². The van der Waals surface area contributed by atoms with Crippen LogP contribution in [-0.2, 0) is 24.7 Å². The van der Waals surface area contributed by atoms with E-state index in [4.69, 9.17) is 0 Å². The quantitative estimate of drug-likeness (QED) is 0.461. The summed E-state index contributed by atoms with van der Waals surface area (Å²) in [5, 5.41) is 9.88. The number of amides is 1. The second kappa shape index (κ2) is 9.34. The molecule has 1 amide bonds. The van der Waals surface area contributed by atoms with Gasteiger partial charge in [0, 0.05) is 37.4 Å². The van der Waals surface area contributed by atoms with Crippen LogP contribution in [0.25, 0.3) is 11.1 Å². The van der Waals surface area contributed by atoms with E-state index < -0.39 is 5.82 Å². The van der Waals surface area contributed by atoms with Crippen LogP contribution in [0.3, 0.4) is 0 Å². The number of nitrogens with one attached hydrogen (secondary N) is 2. The molecule has 9 heteroatoms. The van der Waals surface area contributed by atoms with Crippen molar-refractivity contribution < 1.29 is 9.18 Å². The summed E-state index contributed by atoms with van der Waals surface area (Å²) < 4.78 is 16.3. The lowest BCUT2D eigenvalue weighted by Gasteiger charge is -2.09. The second-order valence-corrected chi connectivity index (χ2v) is 7.29. The maximum Gasteiger partial charge on any atom is 0.228 e. The third kappa shape index (κ3) is 5.12. The highest BCUT2D eigenvalue weighted by Crippen LogP contribution is 2.22. The molecular formula is C23H22FN7O. The number of aryl methyl sites for hydroxylation is 2. The zero-order valence-electron chi connectivity index (χ0n) is 17.7. The Morgan fingerprint density at radius 3 is 2.53 bits per heavy atom. The van der Waals surface area contributed by atoms with Crippen molar-refractivity contribution in [1.82, 2.24) is 24.7 Å². The molecule has 4 aromatic rings. The zero-order chi connectivity index (χ0) is 22.5. The Bertz CT molecular complexity index is 1240. The summed E-state index contributed by atoms with van der Waals surface area (Å²) in [6.45, 7) is 2.01. The predicted molar refractivity (Wildman–Crippen MR) is 120 cm³/mol. The Hall–Kier alpha value is -4.14. The van der Waals surface area contributed by atoms with Gasteiger partial charge >= 0.3 is 0 Å². The Balaban J connectivity index is 1.41. The molecular weight excluding hydrogens is 409 g/mol. The Labute approximate surface area is 184 Å². The molecule has 8 nitrogen and oxygen atoms in total. The van der Waals surface area contributed by atoms with E-state index in [2.05, 4.69) is 30.7 Å². The number of halogens is 1. The van der Waals surface area contributed by atoms with Gasteiger partial charge in [-0.3, -0.25) is 14.5 Å². The first-order valence-corrected chi connectivity index (χ1v) is 10.1. The molecule has 0 atom stereocenters. The van der Waals surface area contributed by atoms with Crippen LogP contribution < -0.4 is 10.6 Å². The number of pyridine rings is 1. The molecule has 4 rings (SSSR count). The second-order valence-electron chi connectivity index (χ2n) is 7.29. The van der Waals surface area contributed by atoms with E-state index in [0.717, 1.165) is 17.7 Å².